The zero-order chi connectivity index (χ0) is 34.3. The van der Waals surface area contributed by atoms with Crippen LogP contribution in [0.25, 0.3) is 0 Å². The number of rotatable bonds is 10. The van der Waals surface area contributed by atoms with Gasteiger partial charge in [-0.2, -0.15) is 0 Å². The maximum atomic E-state index is 13.7. The number of urea groups is 1. The Labute approximate surface area is 284 Å². The summed E-state index contributed by atoms with van der Waals surface area (Å²) in [6, 6.07) is 14.6. The Hall–Kier alpha value is -3.51. The van der Waals surface area contributed by atoms with Crippen LogP contribution in [0.15, 0.2) is 48.5 Å². The lowest BCUT2D eigenvalue weighted by atomic mass is 9.75. The van der Waals surface area contributed by atoms with E-state index in [1.807, 2.05) is 57.2 Å². The predicted molar refractivity (Wildman–Crippen MR) is 182 cm³/mol. The molecule has 11 heteroatoms. The number of aliphatic hydroxyl groups excluding tert-OH is 1. The number of piperidine rings is 1. The Balaban J connectivity index is 1.38. The number of amides is 3. The highest BCUT2D eigenvalue weighted by Crippen LogP contribution is 2.42. The first-order chi connectivity index (χ1) is 23.0. The predicted octanol–water partition coefficient (Wildman–Crippen LogP) is 5.35. The summed E-state index contributed by atoms with van der Waals surface area (Å²) < 4.78 is 18.2. The molecule has 48 heavy (non-hydrogen) atoms. The normalized spacial score (nSPS) is 26.2. The van der Waals surface area contributed by atoms with Gasteiger partial charge in [-0.15, -0.1) is 0 Å². The van der Waals surface area contributed by atoms with Crippen molar-refractivity contribution in [3.63, 3.8) is 0 Å². The molecule has 6 atom stereocenters. The first kappa shape index (κ1) is 35.8. The van der Waals surface area contributed by atoms with Crippen molar-refractivity contribution in [2.75, 3.05) is 25.0 Å². The van der Waals surface area contributed by atoms with E-state index < -0.39 is 18.3 Å². The summed E-state index contributed by atoms with van der Waals surface area (Å²) in [5.41, 5.74) is 2.73. The average molecular weight is 665 g/mol. The summed E-state index contributed by atoms with van der Waals surface area (Å²) in [4.78, 5) is 40.3. The van der Waals surface area contributed by atoms with Crippen LogP contribution in [-0.4, -0.2) is 71.3 Å². The molecular weight excluding hydrogens is 612 g/mol. The molecule has 0 unspecified atom stereocenters. The van der Waals surface area contributed by atoms with Gasteiger partial charge in [0, 0.05) is 35.8 Å². The molecule has 2 aromatic carbocycles. The average Bonchev–Trinajstić information content (AvgIpc) is 3.07. The van der Waals surface area contributed by atoms with Crippen LogP contribution in [0.1, 0.15) is 102 Å². The van der Waals surface area contributed by atoms with Gasteiger partial charge >= 0.3 is 12.0 Å². The third-order valence-electron chi connectivity index (χ3n) is 9.45. The van der Waals surface area contributed by atoms with E-state index in [2.05, 4.69) is 20.9 Å². The van der Waals surface area contributed by atoms with Crippen molar-refractivity contribution in [3.8, 4) is 0 Å². The fraction of sp³-hybridized carbons (Fsp3) is 0.595. The van der Waals surface area contributed by atoms with Crippen LogP contribution < -0.4 is 16.0 Å². The van der Waals surface area contributed by atoms with Gasteiger partial charge in [-0.25, -0.2) is 4.79 Å². The molecule has 2 heterocycles. The largest absolute Gasteiger partial charge is 0.465 e. The zero-order valence-electron chi connectivity index (χ0n) is 28.7. The summed E-state index contributed by atoms with van der Waals surface area (Å²) >= 11 is 0. The lowest BCUT2D eigenvalue weighted by molar-refractivity contribution is -0.255. The van der Waals surface area contributed by atoms with Crippen LogP contribution in [0.5, 0.6) is 0 Å². The van der Waals surface area contributed by atoms with E-state index >= 15 is 0 Å². The SMILES string of the molecule is CCOC(=O)CNC(=O)Nc1cccc([C@@H]2O[C@H](CN3[C@@H](C(=O)NC(C)(C)C)CC[C@H]4CCCC[C@H]43)C[C@H](c3ccc(CO)cc3)O2)c1. The van der Waals surface area contributed by atoms with Gasteiger partial charge in [0.05, 0.1) is 31.5 Å². The number of hydrogen-bond acceptors (Lipinski definition) is 8. The van der Waals surface area contributed by atoms with E-state index in [4.69, 9.17) is 14.2 Å². The van der Waals surface area contributed by atoms with E-state index in [9.17, 15) is 19.5 Å². The minimum atomic E-state index is -0.732. The quantitative estimate of drug-likeness (QED) is 0.250. The Morgan fingerprint density at radius 3 is 2.48 bits per heavy atom. The van der Waals surface area contributed by atoms with Crippen molar-refractivity contribution >= 4 is 23.6 Å². The van der Waals surface area contributed by atoms with Gasteiger partial charge in [0.15, 0.2) is 6.29 Å². The van der Waals surface area contributed by atoms with Crippen LogP contribution in [-0.2, 0) is 30.4 Å². The Kier molecular flexibility index (Phi) is 12.1. The van der Waals surface area contributed by atoms with Crippen molar-refractivity contribution in [1.82, 2.24) is 15.5 Å². The van der Waals surface area contributed by atoms with E-state index in [0.29, 0.717) is 30.6 Å². The lowest BCUT2D eigenvalue weighted by Crippen LogP contribution is -2.61. The highest BCUT2D eigenvalue weighted by molar-refractivity contribution is 5.91. The molecule has 3 fully saturated rings. The molecule has 262 valence electrons. The van der Waals surface area contributed by atoms with E-state index in [-0.39, 0.29) is 49.5 Å². The van der Waals surface area contributed by atoms with Crippen LogP contribution in [0.4, 0.5) is 10.5 Å². The Morgan fingerprint density at radius 1 is 0.979 bits per heavy atom. The fourth-order valence-corrected chi connectivity index (χ4v) is 7.30. The van der Waals surface area contributed by atoms with Gasteiger partial charge < -0.3 is 35.3 Å². The molecule has 1 aliphatic carbocycles. The standard InChI is InChI=1S/C37H52N4O7/c1-5-46-33(43)21-38-36(45)39-28-11-8-10-27(19-28)35-47-29(20-32(48-35)26-15-13-24(23-42)14-16-26)22-41-30-12-7-6-9-25(30)17-18-31(41)34(44)40-37(2,3)4/h8,10-11,13-16,19,25,29-32,35,42H,5-7,9,12,17-18,20-23H2,1-4H3,(H,40,44)(H2,38,39,45)/t25-,29+,30-,31-,32-,35-/m1/s1. The van der Waals surface area contributed by atoms with Gasteiger partial charge in [0.25, 0.3) is 0 Å². The number of nitrogens with zero attached hydrogens (tertiary/aromatic N) is 1. The molecule has 3 amide bonds. The number of esters is 1. The van der Waals surface area contributed by atoms with Crippen molar-refractivity contribution in [1.29, 1.82) is 0 Å². The molecule has 4 N–H and O–H groups in total. The number of carbonyl (C=O) groups is 3. The fourth-order valence-electron chi connectivity index (χ4n) is 7.30. The zero-order valence-corrected chi connectivity index (χ0v) is 28.7. The topological polar surface area (TPSA) is 138 Å². The molecule has 0 bridgehead atoms. The molecule has 2 aliphatic heterocycles. The number of likely N-dealkylation sites (tertiary alicyclic amines) is 1. The first-order valence-corrected chi connectivity index (χ1v) is 17.4. The van der Waals surface area contributed by atoms with E-state index in [1.54, 1.807) is 19.1 Å². The molecule has 2 aromatic rings. The van der Waals surface area contributed by atoms with Gasteiger partial charge in [-0.1, -0.05) is 49.2 Å². The number of ether oxygens (including phenoxy) is 3. The molecule has 1 saturated carbocycles. The lowest BCUT2D eigenvalue weighted by Gasteiger charge is -2.50. The first-order valence-electron chi connectivity index (χ1n) is 17.4. The second-order valence-corrected chi connectivity index (χ2v) is 14.2. The second kappa shape index (κ2) is 16.3. The van der Waals surface area contributed by atoms with Crippen molar-refractivity contribution in [2.45, 2.75) is 115 Å². The van der Waals surface area contributed by atoms with Gasteiger partial charge in [-0.05, 0) is 82.6 Å². The minimum Gasteiger partial charge on any atom is -0.465 e. The molecule has 11 nitrogen and oxygen atoms in total. The Bertz CT molecular complexity index is 1390. The number of fused-ring (bicyclic) bond motifs is 1. The summed E-state index contributed by atoms with van der Waals surface area (Å²) in [5.74, 6) is 0.139. The molecular formula is C37H52N4O7. The van der Waals surface area contributed by atoms with Crippen LogP contribution in [0, 0.1) is 5.92 Å². The van der Waals surface area contributed by atoms with Crippen LogP contribution in [0.3, 0.4) is 0 Å². The summed E-state index contributed by atoms with van der Waals surface area (Å²) in [5, 5.41) is 18.1. The second-order valence-electron chi connectivity index (χ2n) is 14.2. The van der Waals surface area contributed by atoms with Gasteiger partial charge in [0.2, 0.25) is 5.91 Å². The van der Waals surface area contributed by atoms with Gasteiger partial charge in [-0.3, -0.25) is 14.5 Å². The summed E-state index contributed by atoms with van der Waals surface area (Å²) in [7, 11) is 0. The number of hydrogen-bond donors (Lipinski definition) is 4. The van der Waals surface area contributed by atoms with Crippen LogP contribution >= 0.6 is 0 Å². The number of aliphatic hydroxyl groups is 1. The number of nitrogens with one attached hydrogen (secondary N) is 3. The van der Waals surface area contributed by atoms with E-state index in [1.165, 1.54) is 12.8 Å². The number of benzene rings is 2. The number of carbonyl (C=O) groups excluding carboxylic acids is 3. The maximum absolute atomic E-state index is 13.7. The molecule has 3 aliphatic rings. The van der Waals surface area contributed by atoms with Crippen LogP contribution in [0.2, 0.25) is 0 Å². The van der Waals surface area contributed by atoms with Crippen molar-refractivity contribution in [3.05, 3.63) is 65.2 Å². The monoisotopic (exact) mass is 664 g/mol. The van der Waals surface area contributed by atoms with Gasteiger partial charge in [0.1, 0.15) is 6.54 Å². The third kappa shape index (κ3) is 9.56. The molecule has 2 saturated heterocycles. The van der Waals surface area contributed by atoms with E-state index in [0.717, 1.165) is 42.4 Å². The molecule has 0 radical (unpaired) electrons. The molecule has 0 aromatic heterocycles. The highest BCUT2D eigenvalue weighted by Gasteiger charge is 2.44. The number of anilines is 1. The van der Waals surface area contributed by atoms with Crippen molar-refractivity contribution in [2.24, 2.45) is 5.92 Å². The smallest absolute Gasteiger partial charge is 0.325 e. The van der Waals surface area contributed by atoms with Crippen molar-refractivity contribution < 1.29 is 33.7 Å². The molecule has 5 rings (SSSR count). The maximum Gasteiger partial charge on any atom is 0.325 e. The highest BCUT2D eigenvalue weighted by atomic mass is 16.7. The third-order valence-corrected chi connectivity index (χ3v) is 9.45. The minimum absolute atomic E-state index is 0.0388. The summed E-state index contributed by atoms with van der Waals surface area (Å²) in [6.45, 7) is 8.34. The Morgan fingerprint density at radius 2 is 1.75 bits per heavy atom. The summed E-state index contributed by atoms with van der Waals surface area (Å²) in [6.07, 6.45) is 5.90. The molecule has 0 spiro atoms.